The molecule has 13 heavy (non-hydrogen) atoms. The number of aromatic nitrogens is 2. The summed E-state index contributed by atoms with van der Waals surface area (Å²) in [5, 5.41) is 0. The summed E-state index contributed by atoms with van der Waals surface area (Å²) in [5.74, 6) is 0. The molecule has 2 aromatic rings. The Bertz CT molecular complexity index is 544. The van der Waals surface area contributed by atoms with E-state index < -0.39 is 10.1 Å². The van der Waals surface area contributed by atoms with Crippen molar-refractivity contribution in [2.75, 3.05) is 0 Å². The molecule has 6 heteroatoms. The average Bonchev–Trinajstić information content (AvgIpc) is 2.47. The van der Waals surface area contributed by atoms with E-state index in [2.05, 4.69) is 4.98 Å². The summed E-state index contributed by atoms with van der Waals surface area (Å²) in [6, 6.07) is 3.46. The molecule has 2 heterocycles. The smallest absolute Gasteiger partial charge is 0.297 e. The molecule has 68 valence electrons. The Kier molecular flexibility index (Phi) is 1.61. The average molecular weight is 198 g/mol. The highest BCUT2D eigenvalue weighted by Gasteiger charge is 2.10. The first-order chi connectivity index (χ1) is 6.07. The van der Waals surface area contributed by atoms with Crippen molar-refractivity contribution in [3.8, 4) is 0 Å². The molecule has 0 radical (unpaired) electrons. The number of rotatable bonds is 1. The molecule has 0 saturated carbocycles. The normalized spacial score (nSPS) is 12.1. The Labute approximate surface area is 74.4 Å². The fourth-order valence-corrected chi connectivity index (χ4v) is 1.47. The Morgan fingerprint density at radius 3 is 2.92 bits per heavy atom. The zero-order valence-electron chi connectivity index (χ0n) is 6.45. The third-order valence-electron chi connectivity index (χ3n) is 1.64. The molecular formula is C7H6N2O3S. The van der Waals surface area contributed by atoms with Crippen molar-refractivity contribution in [3.63, 3.8) is 0 Å². The van der Waals surface area contributed by atoms with Crippen LogP contribution in [0.4, 0.5) is 0 Å². The van der Waals surface area contributed by atoms with Gasteiger partial charge in [-0.2, -0.15) is 8.42 Å². The van der Waals surface area contributed by atoms with Crippen LogP contribution in [-0.2, 0) is 10.1 Å². The van der Waals surface area contributed by atoms with E-state index in [0.717, 1.165) is 6.20 Å². The highest BCUT2D eigenvalue weighted by atomic mass is 32.2. The van der Waals surface area contributed by atoms with Gasteiger partial charge in [0.25, 0.3) is 10.1 Å². The Morgan fingerprint density at radius 1 is 1.46 bits per heavy atom. The van der Waals surface area contributed by atoms with Crippen LogP contribution in [0.25, 0.3) is 5.65 Å². The van der Waals surface area contributed by atoms with Crippen molar-refractivity contribution in [2.24, 2.45) is 0 Å². The maximum absolute atomic E-state index is 10.7. The first kappa shape index (κ1) is 8.21. The first-order valence-electron chi connectivity index (χ1n) is 3.47. The Hall–Kier alpha value is -1.40. The predicted molar refractivity (Wildman–Crippen MR) is 45.0 cm³/mol. The maximum atomic E-state index is 10.7. The molecule has 0 aromatic carbocycles. The monoisotopic (exact) mass is 198 g/mol. The van der Waals surface area contributed by atoms with E-state index in [1.54, 1.807) is 18.3 Å². The van der Waals surface area contributed by atoms with Gasteiger partial charge in [-0.15, -0.1) is 0 Å². The van der Waals surface area contributed by atoms with Gasteiger partial charge in [0.2, 0.25) is 0 Å². The van der Waals surface area contributed by atoms with E-state index in [4.69, 9.17) is 4.55 Å². The van der Waals surface area contributed by atoms with Gasteiger partial charge in [-0.25, -0.2) is 4.98 Å². The fourth-order valence-electron chi connectivity index (χ4n) is 1.04. The van der Waals surface area contributed by atoms with E-state index in [1.165, 1.54) is 10.6 Å². The van der Waals surface area contributed by atoms with Gasteiger partial charge in [0.1, 0.15) is 10.5 Å². The number of hydrogen-bond donors (Lipinski definition) is 1. The summed E-state index contributed by atoms with van der Waals surface area (Å²) in [7, 11) is -4.16. The lowest BCUT2D eigenvalue weighted by Gasteiger charge is -1.97. The molecule has 0 spiro atoms. The van der Waals surface area contributed by atoms with Gasteiger partial charge < -0.3 is 4.40 Å². The molecular weight excluding hydrogens is 192 g/mol. The molecule has 0 aliphatic heterocycles. The second kappa shape index (κ2) is 2.54. The lowest BCUT2D eigenvalue weighted by molar-refractivity contribution is 0.482. The van der Waals surface area contributed by atoms with Crippen molar-refractivity contribution in [1.82, 2.24) is 9.38 Å². The minimum Gasteiger partial charge on any atom is -0.307 e. The van der Waals surface area contributed by atoms with Crippen LogP contribution in [0.5, 0.6) is 0 Å². The van der Waals surface area contributed by atoms with Crippen LogP contribution in [0.15, 0.2) is 35.6 Å². The molecule has 2 aromatic heterocycles. The molecule has 5 nitrogen and oxygen atoms in total. The lowest BCUT2D eigenvalue weighted by atomic mass is 10.6. The largest absolute Gasteiger partial charge is 0.307 e. The second-order valence-electron chi connectivity index (χ2n) is 2.54. The van der Waals surface area contributed by atoms with E-state index in [0.29, 0.717) is 5.65 Å². The van der Waals surface area contributed by atoms with Crippen LogP contribution in [0.2, 0.25) is 0 Å². The van der Waals surface area contributed by atoms with Crippen molar-refractivity contribution < 1.29 is 13.0 Å². The van der Waals surface area contributed by atoms with E-state index in [-0.39, 0.29) is 4.90 Å². The number of hydrogen-bond acceptors (Lipinski definition) is 3. The van der Waals surface area contributed by atoms with Gasteiger partial charge in [0, 0.05) is 12.4 Å². The topological polar surface area (TPSA) is 71.7 Å². The van der Waals surface area contributed by atoms with E-state index >= 15 is 0 Å². The van der Waals surface area contributed by atoms with Gasteiger partial charge >= 0.3 is 0 Å². The number of nitrogens with zero attached hydrogens (tertiary/aromatic N) is 2. The predicted octanol–water partition coefficient (Wildman–Crippen LogP) is 0.581. The highest BCUT2D eigenvalue weighted by Crippen LogP contribution is 2.08. The van der Waals surface area contributed by atoms with Crippen molar-refractivity contribution in [2.45, 2.75) is 4.90 Å². The summed E-state index contributed by atoms with van der Waals surface area (Å²) in [6.07, 6.45) is 4.07. The van der Waals surface area contributed by atoms with Crippen molar-refractivity contribution >= 4 is 15.8 Å². The molecule has 0 saturated heterocycles. The van der Waals surface area contributed by atoms with E-state index in [1.807, 2.05) is 0 Å². The molecule has 2 rings (SSSR count). The van der Waals surface area contributed by atoms with Gasteiger partial charge in [-0.1, -0.05) is 0 Å². The first-order valence-corrected chi connectivity index (χ1v) is 4.91. The van der Waals surface area contributed by atoms with Crippen LogP contribution < -0.4 is 0 Å². The number of fused-ring (bicyclic) bond motifs is 1. The van der Waals surface area contributed by atoms with Crippen LogP contribution in [-0.4, -0.2) is 22.4 Å². The third kappa shape index (κ3) is 1.41. The summed E-state index contributed by atoms with van der Waals surface area (Å²) in [5.41, 5.74) is 0.632. The summed E-state index contributed by atoms with van der Waals surface area (Å²) in [4.78, 5) is 3.62. The zero-order valence-corrected chi connectivity index (χ0v) is 7.27. The van der Waals surface area contributed by atoms with Crippen LogP contribution in [0, 0.1) is 0 Å². The summed E-state index contributed by atoms with van der Waals surface area (Å²) in [6.45, 7) is 0. The third-order valence-corrected chi connectivity index (χ3v) is 2.45. The van der Waals surface area contributed by atoms with Gasteiger partial charge in [-0.3, -0.25) is 4.55 Å². The van der Waals surface area contributed by atoms with Crippen molar-refractivity contribution in [3.05, 3.63) is 30.7 Å². The summed E-state index contributed by atoms with van der Waals surface area (Å²) >= 11 is 0. The molecule has 0 aliphatic rings. The molecule has 0 aliphatic carbocycles. The van der Waals surface area contributed by atoms with Gasteiger partial charge in [0.15, 0.2) is 0 Å². The fraction of sp³-hybridized carbons (Fsp3) is 0. The van der Waals surface area contributed by atoms with E-state index in [9.17, 15) is 8.42 Å². The Morgan fingerprint density at radius 2 is 2.23 bits per heavy atom. The van der Waals surface area contributed by atoms with Crippen LogP contribution in [0.3, 0.4) is 0 Å². The Balaban J connectivity index is 2.75. The van der Waals surface area contributed by atoms with Gasteiger partial charge in [0.05, 0.1) is 6.20 Å². The molecule has 1 N–H and O–H groups in total. The molecule has 0 atom stereocenters. The van der Waals surface area contributed by atoms with Crippen LogP contribution in [0.1, 0.15) is 0 Å². The maximum Gasteiger partial charge on any atom is 0.297 e. The molecule has 0 unspecified atom stereocenters. The summed E-state index contributed by atoms with van der Waals surface area (Å²) < 4.78 is 31.6. The minimum atomic E-state index is -4.16. The molecule has 0 amide bonds. The quantitative estimate of drug-likeness (QED) is 0.680. The second-order valence-corrected chi connectivity index (χ2v) is 3.96. The SMILES string of the molecule is O=S(=O)(O)c1cnc2cccn2c1. The zero-order chi connectivity index (χ0) is 9.47. The molecule has 0 fully saturated rings. The van der Waals surface area contributed by atoms with Crippen molar-refractivity contribution in [1.29, 1.82) is 0 Å². The van der Waals surface area contributed by atoms with Crippen LogP contribution >= 0.6 is 0 Å². The van der Waals surface area contributed by atoms with Gasteiger partial charge in [-0.05, 0) is 12.1 Å². The standard InChI is InChI=1S/C7H6N2O3S/c10-13(11,12)6-4-8-7-2-1-3-9(7)5-6/h1-5H,(H,10,11,12). The molecule has 0 bridgehead atoms. The minimum absolute atomic E-state index is 0.212. The highest BCUT2D eigenvalue weighted by molar-refractivity contribution is 7.85. The lowest BCUT2D eigenvalue weighted by Crippen LogP contribution is -2.00.